The molecule has 4 fully saturated rings. The second-order valence-electron chi connectivity index (χ2n) is 10.3. The molecule has 5 nitrogen and oxygen atoms in total. The Balaban J connectivity index is 1.32. The lowest BCUT2D eigenvalue weighted by Crippen LogP contribution is -2.56. The van der Waals surface area contributed by atoms with E-state index in [-0.39, 0.29) is 6.42 Å². The van der Waals surface area contributed by atoms with Crippen molar-refractivity contribution in [1.82, 2.24) is 4.90 Å². The Morgan fingerprint density at radius 1 is 0.844 bits per heavy atom. The van der Waals surface area contributed by atoms with Gasteiger partial charge in [0.15, 0.2) is 0 Å². The molecule has 4 saturated carbocycles. The highest BCUT2D eigenvalue weighted by Crippen LogP contribution is 2.57. The van der Waals surface area contributed by atoms with Crippen LogP contribution in [0.1, 0.15) is 64.8 Å². The molecule has 7 rings (SSSR count). The van der Waals surface area contributed by atoms with E-state index >= 15 is 0 Å². The maximum Gasteiger partial charge on any atom is 0.330 e. The van der Waals surface area contributed by atoms with Crippen molar-refractivity contribution in [3.8, 4) is 0 Å². The molecule has 4 aliphatic carbocycles. The number of hydrogen-bond donors (Lipinski definition) is 0. The fourth-order valence-corrected chi connectivity index (χ4v) is 7.05. The lowest BCUT2D eigenvalue weighted by Gasteiger charge is -2.56. The van der Waals surface area contributed by atoms with E-state index in [1.165, 1.54) is 19.3 Å². The van der Waals surface area contributed by atoms with E-state index in [1.807, 2.05) is 30.3 Å². The molecule has 1 atom stereocenters. The van der Waals surface area contributed by atoms with Gasteiger partial charge in [0.2, 0.25) is 0 Å². The van der Waals surface area contributed by atoms with E-state index in [0.29, 0.717) is 28.9 Å². The van der Waals surface area contributed by atoms with Gasteiger partial charge in [-0.2, -0.15) is 0 Å². The maximum absolute atomic E-state index is 13.7. The number of carbonyl (C=O) groups is 3. The molecule has 5 aliphatic rings. The molecule has 0 saturated heterocycles. The lowest BCUT2D eigenvalue weighted by atomic mass is 9.54. The van der Waals surface area contributed by atoms with Gasteiger partial charge < -0.3 is 4.74 Å². The van der Waals surface area contributed by atoms with Crippen molar-refractivity contribution in [2.75, 3.05) is 0 Å². The van der Waals surface area contributed by atoms with Crippen LogP contribution in [0.5, 0.6) is 0 Å². The summed E-state index contributed by atoms with van der Waals surface area (Å²) in [7, 11) is 0. The number of carbonyl (C=O) groups excluding carboxylic acids is 3. The molecule has 0 unspecified atom stereocenters. The number of imide groups is 1. The smallest absolute Gasteiger partial charge is 0.330 e. The Morgan fingerprint density at radius 2 is 1.34 bits per heavy atom. The molecule has 2 amide bonds. The van der Waals surface area contributed by atoms with E-state index in [1.54, 1.807) is 24.3 Å². The summed E-state index contributed by atoms with van der Waals surface area (Å²) in [4.78, 5) is 41.2. The number of rotatable bonds is 5. The van der Waals surface area contributed by atoms with Crippen LogP contribution in [0.15, 0.2) is 54.6 Å². The zero-order valence-electron chi connectivity index (χ0n) is 18.0. The van der Waals surface area contributed by atoms with E-state index in [2.05, 4.69) is 0 Å². The van der Waals surface area contributed by atoms with E-state index in [9.17, 15) is 14.4 Å². The van der Waals surface area contributed by atoms with Gasteiger partial charge in [0.25, 0.3) is 11.8 Å². The predicted octanol–water partition coefficient (Wildman–Crippen LogP) is 4.41. The van der Waals surface area contributed by atoms with Crippen LogP contribution in [-0.2, 0) is 16.0 Å². The summed E-state index contributed by atoms with van der Waals surface area (Å²) in [5.41, 5.74) is 1.20. The molecular weight excluding hydrogens is 402 g/mol. The minimum absolute atomic E-state index is 0.261. The van der Waals surface area contributed by atoms with Crippen LogP contribution in [0, 0.1) is 17.8 Å². The van der Waals surface area contributed by atoms with Crippen molar-refractivity contribution >= 4 is 17.8 Å². The number of fused-ring (bicyclic) bond motifs is 1. The fraction of sp³-hybridized carbons (Fsp3) is 0.444. The largest absolute Gasteiger partial charge is 0.457 e. The highest BCUT2D eigenvalue weighted by Gasteiger charge is 2.54. The summed E-state index contributed by atoms with van der Waals surface area (Å²) in [6, 6.07) is 15.4. The SMILES string of the molecule is O=C(OC12CC3CC(CC(C3)C1)C2)[C@H](Cc1ccccc1)N1C(=O)c2ccccc2C1=O. The number of esters is 1. The molecule has 5 heteroatoms. The first-order valence-corrected chi connectivity index (χ1v) is 11.7. The number of nitrogens with zero attached hydrogens (tertiary/aromatic N) is 1. The van der Waals surface area contributed by atoms with Crippen LogP contribution in [-0.4, -0.2) is 34.3 Å². The van der Waals surface area contributed by atoms with Gasteiger partial charge in [0.05, 0.1) is 11.1 Å². The summed E-state index contributed by atoms with van der Waals surface area (Å²) in [6.07, 6.45) is 6.78. The van der Waals surface area contributed by atoms with Gasteiger partial charge in [0, 0.05) is 6.42 Å². The Bertz CT molecular complexity index is 1020. The average molecular weight is 430 g/mol. The fourth-order valence-electron chi connectivity index (χ4n) is 7.05. The first-order valence-electron chi connectivity index (χ1n) is 11.7. The summed E-state index contributed by atoms with van der Waals surface area (Å²) < 4.78 is 6.31. The second kappa shape index (κ2) is 7.29. The molecule has 1 heterocycles. The Hall–Kier alpha value is -2.95. The average Bonchev–Trinajstić information content (AvgIpc) is 3.02. The standard InChI is InChI=1S/C27H27NO4/c29-24-21-8-4-5-9-22(21)25(30)28(24)23(13-17-6-2-1-3-7-17)26(31)32-27-14-18-10-19(15-27)12-20(11-18)16-27/h1-9,18-20,23H,10-16H2/t18?,19?,20?,23-,27?/m0/s1. The molecule has 0 spiro atoms. The van der Waals surface area contributed by atoms with Crippen molar-refractivity contribution in [3.05, 3.63) is 71.3 Å². The third kappa shape index (κ3) is 3.17. The van der Waals surface area contributed by atoms with Gasteiger partial charge in [-0.15, -0.1) is 0 Å². The molecule has 0 N–H and O–H groups in total. The second-order valence-corrected chi connectivity index (χ2v) is 10.3. The van der Waals surface area contributed by atoms with Crippen LogP contribution < -0.4 is 0 Å². The molecule has 4 bridgehead atoms. The lowest BCUT2D eigenvalue weighted by molar-refractivity contribution is -0.190. The summed E-state index contributed by atoms with van der Waals surface area (Å²) in [5, 5.41) is 0. The van der Waals surface area contributed by atoms with Crippen LogP contribution >= 0.6 is 0 Å². The molecule has 1 aliphatic heterocycles. The highest BCUT2D eigenvalue weighted by atomic mass is 16.6. The third-order valence-corrected chi connectivity index (χ3v) is 7.98. The Morgan fingerprint density at radius 3 is 1.88 bits per heavy atom. The van der Waals surface area contributed by atoms with Crippen molar-refractivity contribution in [1.29, 1.82) is 0 Å². The first kappa shape index (κ1) is 19.7. The number of benzene rings is 2. The van der Waals surface area contributed by atoms with Gasteiger partial charge >= 0.3 is 5.97 Å². The van der Waals surface area contributed by atoms with Crippen LogP contribution in [0.2, 0.25) is 0 Å². The van der Waals surface area contributed by atoms with Crippen LogP contribution in [0.25, 0.3) is 0 Å². The maximum atomic E-state index is 13.7. The Labute approximate surface area is 187 Å². The van der Waals surface area contributed by atoms with Crippen molar-refractivity contribution in [3.63, 3.8) is 0 Å². The first-order chi connectivity index (χ1) is 15.5. The molecule has 2 aromatic rings. The molecule has 32 heavy (non-hydrogen) atoms. The van der Waals surface area contributed by atoms with Crippen molar-refractivity contribution in [2.45, 2.75) is 56.6 Å². The van der Waals surface area contributed by atoms with E-state index in [4.69, 9.17) is 4.74 Å². The van der Waals surface area contributed by atoms with Gasteiger partial charge in [-0.25, -0.2) is 4.79 Å². The zero-order chi connectivity index (χ0) is 21.9. The highest BCUT2D eigenvalue weighted by molar-refractivity contribution is 6.22. The summed E-state index contributed by atoms with van der Waals surface area (Å²) >= 11 is 0. The molecule has 164 valence electrons. The third-order valence-electron chi connectivity index (χ3n) is 7.98. The van der Waals surface area contributed by atoms with Crippen LogP contribution in [0.3, 0.4) is 0 Å². The quantitative estimate of drug-likeness (QED) is 0.522. The number of ether oxygens (including phenoxy) is 1. The monoisotopic (exact) mass is 429 g/mol. The van der Waals surface area contributed by atoms with Crippen LogP contribution in [0.4, 0.5) is 0 Å². The summed E-state index contributed by atoms with van der Waals surface area (Å²) in [6.45, 7) is 0. The van der Waals surface area contributed by atoms with Gasteiger partial charge in [-0.05, 0) is 74.0 Å². The van der Waals surface area contributed by atoms with E-state index in [0.717, 1.165) is 29.7 Å². The van der Waals surface area contributed by atoms with Crippen molar-refractivity contribution in [2.24, 2.45) is 17.8 Å². The number of amides is 2. The molecular formula is C27H27NO4. The van der Waals surface area contributed by atoms with Gasteiger partial charge in [-0.1, -0.05) is 42.5 Å². The minimum atomic E-state index is -0.960. The molecule has 0 radical (unpaired) electrons. The minimum Gasteiger partial charge on any atom is -0.457 e. The topological polar surface area (TPSA) is 63.7 Å². The van der Waals surface area contributed by atoms with Crippen molar-refractivity contribution < 1.29 is 19.1 Å². The van der Waals surface area contributed by atoms with Gasteiger partial charge in [-0.3, -0.25) is 14.5 Å². The summed E-state index contributed by atoms with van der Waals surface area (Å²) in [5.74, 6) is 0.663. The zero-order valence-corrected chi connectivity index (χ0v) is 18.0. The predicted molar refractivity (Wildman–Crippen MR) is 118 cm³/mol. The Kier molecular flexibility index (Phi) is 4.49. The molecule has 2 aromatic carbocycles. The molecule has 0 aromatic heterocycles. The normalized spacial score (nSPS) is 31.0. The van der Waals surface area contributed by atoms with Gasteiger partial charge in [0.1, 0.15) is 11.6 Å². The number of hydrogen-bond acceptors (Lipinski definition) is 4. The van der Waals surface area contributed by atoms with E-state index < -0.39 is 29.4 Å².